The van der Waals surface area contributed by atoms with E-state index in [1.54, 1.807) is 19.9 Å². The smallest absolute Gasteiger partial charge is 0.506 e. The molecule has 0 radical (unpaired) electrons. The fourth-order valence-corrected chi connectivity index (χ4v) is 11.4. The van der Waals surface area contributed by atoms with E-state index < -0.39 is 90.5 Å². The first-order chi connectivity index (χ1) is 44.7. The van der Waals surface area contributed by atoms with Crippen LogP contribution in [0.1, 0.15) is 104 Å². The molecule has 3 N–H and O–H groups in total. The quantitative estimate of drug-likeness (QED) is 0.0300. The molecule has 0 fully saturated rings. The summed E-state index contributed by atoms with van der Waals surface area (Å²) in [4.78, 5) is 117. The summed E-state index contributed by atoms with van der Waals surface area (Å²) in [6, 6.07) is 25.5. The standard InChI is InChI=1S/C26H26ClFN2O6Si.C21H14ClFN2O6.C18H10ClFN2O4/c1-5-34-26(33)36-23-20-19(24(31)30(25(20)32)14-15-6-8-16(28)9-7-15)22(35-12-13-37(2,3)4)17-10-11-18(27)29-21(17)23;1-2-30-21(29)31-18-15-14(17(26)12-7-8-13(22)24-16(12)18)19(27)25(20(15)28)9-10-3-5-11(23)6-4-10;19-11-6-5-10-14(21-11)16(24)13-12(15(10)23)17(25)22(18(13)26)7-8-1-3-9(20)4-2-8/h6-11H,5,12-14H2,1-4H3;3-8,26H,2,9H2,1H3;1-6,25-26H,7H2. The third-order valence-corrected chi connectivity index (χ3v) is 17.0. The van der Waals surface area contributed by atoms with Crippen molar-refractivity contribution >= 4 is 112 Å². The van der Waals surface area contributed by atoms with Crippen molar-refractivity contribution in [3.05, 3.63) is 203 Å². The van der Waals surface area contributed by atoms with Gasteiger partial charge in [-0.1, -0.05) is 90.8 Å². The van der Waals surface area contributed by atoms with E-state index in [1.165, 1.54) is 103 Å². The number of fused-ring (bicyclic) bond motifs is 6. The van der Waals surface area contributed by atoms with Crippen molar-refractivity contribution in [1.29, 1.82) is 0 Å². The van der Waals surface area contributed by atoms with Crippen LogP contribution >= 0.6 is 34.8 Å². The molecule has 94 heavy (non-hydrogen) atoms. The highest BCUT2D eigenvalue weighted by atomic mass is 35.5. The van der Waals surface area contributed by atoms with Crippen molar-refractivity contribution in [3.8, 4) is 34.8 Å². The SMILES string of the molecule is CCOC(=O)Oc1c2c(c(O)c3ccc(Cl)nc13)C(=O)N(Cc1ccc(F)cc1)C2=O.CCOC(=O)Oc1c2c(c(OCC[Si](C)(C)C)c3ccc(Cl)nc13)C(=O)N(Cc1ccc(F)cc1)C2=O.O=C1c2ccc(Cl)nc2C(=O)c2c1c(O)n(Cc1ccc(F)cc1)c2O. The highest BCUT2D eigenvalue weighted by molar-refractivity contribution is 6.76. The van der Waals surface area contributed by atoms with Gasteiger partial charge < -0.3 is 39.0 Å². The second-order valence-corrected chi connectivity index (χ2v) is 28.9. The van der Waals surface area contributed by atoms with Gasteiger partial charge >= 0.3 is 12.3 Å². The Hall–Kier alpha value is -10.4. The van der Waals surface area contributed by atoms with E-state index in [1.807, 2.05) is 0 Å². The average molecular weight is 1360 g/mol. The van der Waals surface area contributed by atoms with Gasteiger partial charge in [-0.05, 0) is 109 Å². The first-order valence-electron chi connectivity index (χ1n) is 28.4. The first kappa shape index (κ1) is 66.5. The minimum atomic E-state index is -1.50. The number of aromatic nitrogens is 4. The fourth-order valence-electron chi connectivity index (χ4n) is 10.2. The molecule has 9 aromatic rings. The maximum absolute atomic E-state index is 13.7. The molecule has 29 heteroatoms. The van der Waals surface area contributed by atoms with Crippen molar-refractivity contribution in [2.45, 2.75) is 59.2 Å². The van der Waals surface area contributed by atoms with E-state index in [2.05, 4.69) is 34.6 Å². The van der Waals surface area contributed by atoms with Crippen LogP contribution < -0.4 is 14.2 Å². The molecule has 2 aliphatic heterocycles. The summed E-state index contributed by atoms with van der Waals surface area (Å²) in [5.74, 6) is -7.64. The molecule has 1 aliphatic carbocycles. The molecule has 0 saturated carbocycles. The van der Waals surface area contributed by atoms with Crippen molar-refractivity contribution in [2.24, 2.45) is 0 Å². The van der Waals surface area contributed by atoms with E-state index in [9.17, 15) is 66.8 Å². The van der Waals surface area contributed by atoms with Crippen LogP contribution in [0.15, 0.2) is 109 Å². The number of pyridine rings is 3. The van der Waals surface area contributed by atoms with Gasteiger partial charge in [-0.3, -0.25) is 43.1 Å². The van der Waals surface area contributed by atoms with Gasteiger partial charge in [-0.15, -0.1) is 0 Å². The Kier molecular flexibility index (Phi) is 19.1. The lowest BCUT2D eigenvalue weighted by molar-refractivity contribution is 0.0623. The number of imide groups is 2. The van der Waals surface area contributed by atoms with Gasteiger partial charge in [0.05, 0.1) is 61.7 Å². The van der Waals surface area contributed by atoms with Gasteiger partial charge in [0.2, 0.25) is 23.3 Å². The minimum absolute atomic E-state index is 0.00105. The summed E-state index contributed by atoms with van der Waals surface area (Å²) in [5, 5.41) is 32.2. The van der Waals surface area contributed by atoms with E-state index in [-0.39, 0.29) is 127 Å². The molecule has 4 aromatic heterocycles. The number of rotatable bonds is 14. The Morgan fingerprint density at radius 2 is 0.883 bits per heavy atom. The van der Waals surface area contributed by atoms with Crippen LogP contribution in [-0.2, 0) is 29.1 Å². The number of benzene rings is 5. The van der Waals surface area contributed by atoms with Crippen LogP contribution in [0.5, 0.6) is 34.8 Å². The van der Waals surface area contributed by atoms with Gasteiger partial charge in [0.25, 0.3) is 23.6 Å². The van der Waals surface area contributed by atoms with E-state index in [0.717, 1.165) is 20.4 Å². The summed E-state index contributed by atoms with van der Waals surface area (Å²) in [7, 11) is -1.50. The molecule has 22 nitrogen and oxygen atoms in total. The molecule has 0 unspecified atom stereocenters. The number of carbonyl (C=O) groups excluding carboxylic acids is 8. The second kappa shape index (κ2) is 27.0. The number of carbonyl (C=O) groups is 8. The fraction of sp³-hybridized carbons (Fsp3) is 0.185. The molecule has 12 rings (SSSR count). The molecule has 4 amide bonds. The Morgan fingerprint density at radius 1 is 0.489 bits per heavy atom. The zero-order valence-corrected chi connectivity index (χ0v) is 53.2. The zero-order chi connectivity index (χ0) is 67.8. The number of ether oxygens (including phenoxy) is 5. The number of phenolic OH excluding ortho intramolecular Hbond substituents is 1. The van der Waals surface area contributed by atoms with Gasteiger partial charge in [0, 0.05) is 18.8 Å². The average Bonchev–Trinajstić information content (AvgIpc) is 1.55. The molecular formula is C65H50Cl3F3N6O16Si. The molecule has 0 atom stereocenters. The number of nitrogens with zero attached hydrogens (tertiary/aromatic N) is 6. The predicted octanol–water partition coefficient (Wildman–Crippen LogP) is 13.1. The second-order valence-electron chi connectivity index (χ2n) is 22.1. The summed E-state index contributed by atoms with van der Waals surface area (Å²) >= 11 is 17.9. The largest absolute Gasteiger partial charge is 0.513 e. The number of amides is 4. The Balaban J connectivity index is 0.000000156. The number of halogens is 6. The summed E-state index contributed by atoms with van der Waals surface area (Å²) in [6.07, 6.45) is -2.17. The molecule has 6 heterocycles. The van der Waals surface area contributed by atoms with Gasteiger partial charge in [0.1, 0.15) is 77.8 Å². The van der Waals surface area contributed by atoms with Crippen LogP contribution in [0.4, 0.5) is 22.8 Å². The maximum Gasteiger partial charge on any atom is 0.513 e. The zero-order valence-electron chi connectivity index (χ0n) is 49.9. The molecule has 0 saturated heterocycles. The van der Waals surface area contributed by atoms with Crippen LogP contribution in [0.3, 0.4) is 0 Å². The highest BCUT2D eigenvalue weighted by Gasteiger charge is 2.46. The van der Waals surface area contributed by atoms with Gasteiger partial charge in [0.15, 0.2) is 11.5 Å². The number of hydrogen-bond donors (Lipinski definition) is 3. The van der Waals surface area contributed by atoms with E-state index >= 15 is 0 Å². The normalized spacial score (nSPS) is 13.0. The third kappa shape index (κ3) is 13.3. The van der Waals surface area contributed by atoms with Crippen LogP contribution in [0, 0.1) is 17.5 Å². The minimum Gasteiger partial charge on any atom is -0.506 e. The number of phenols is 1. The van der Waals surface area contributed by atoms with Crippen LogP contribution in [0.25, 0.3) is 21.8 Å². The summed E-state index contributed by atoms with van der Waals surface area (Å²) in [5.41, 5.74) is -0.0539. The number of ketones is 2. The van der Waals surface area contributed by atoms with E-state index in [0.29, 0.717) is 28.7 Å². The van der Waals surface area contributed by atoms with Crippen LogP contribution in [-0.4, -0.2) is 120 Å². The van der Waals surface area contributed by atoms with Crippen molar-refractivity contribution < 1.29 is 90.5 Å². The Morgan fingerprint density at radius 3 is 1.35 bits per heavy atom. The lowest BCUT2D eigenvalue weighted by Gasteiger charge is -2.19. The number of hydrogen-bond acceptors (Lipinski definition) is 19. The van der Waals surface area contributed by atoms with Crippen molar-refractivity contribution in [1.82, 2.24) is 29.3 Å². The van der Waals surface area contributed by atoms with Crippen molar-refractivity contribution in [3.63, 3.8) is 0 Å². The monoisotopic (exact) mass is 1360 g/mol. The summed E-state index contributed by atoms with van der Waals surface area (Å²) in [6.45, 7) is 9.74. The lowest BCUT2D eigenvalue weighted by atomic mass is 9.89. The molecule has 0 bridgehead atoms. The maximum atomic E-state index is 13.7. The topological polar surface area (TPSA) is 293 Å². The highest BCUT2D eigenvalue weighted by Crippen LogP contribution is 2.48. The molecule has 482 valence electrons. The number of aromatic hydroxyl groups is 3. The lowest BCUT2D eigenvalue weighted by Crippen LogP contribution is -2.29. The van der Waals surface area contributed by atoms with E-state index in [4.69, 9.17) is 58.5 Å². The van der Waals surface area contributed by atoms with Gasteiger partial charge in [-0.2, -0.15) is 0 Å². The Bertz CT molecular complexity index is 4650. The van der Waals surface area contributed by atoms with Crippen LogP contribution in [0.2, 0.25) is 41.1 Å². The molecule has 5 aromatic carbocycles. The van der Waals surface area contributed by atoms with Crippen molar-refractivity contribution in [2.75, 3.05) is 19.8 Å². The molecular weight excluding hydrogens is 1310 g/mol. The molecule has 3 aliphatic rings. The Labute approximate surface area is 546 Å². The predicted molar refractivity (Wildman–Crippen MR) is 335 cm³/mol. The first-order valence-corrected chi connectivity index (χ1v) is 33.2. The molecule has 0 spiro atoms. The third-order valence-electron chi connectivity index (χ3n) is 14.6. The van der Waals surface area contributed by atoms with Gasteiger partial charge in [-0.25, -0.2) is 37.7 Å². The summed E-state index contributed by atoms with van der Waals surface area (Å²) < 4.78 is 67.2.